The Morgan fingerprint density at radius 3 is 2.62 bits per heavy atom. The van der Waals surface area contributed by atoms with Crippen LogP contribution in [0.15, 0.2) is 30.5 Å². The quantitative estimate of drug-likeness (QED) is 0.883. The molecule has 1 unspecified atom stereocenters. The average Bonchev–Trinajstić information content (AvgIpc) is 2.83. The summed E-state index contributed by atoms with van der Waals surface area (Å²) in [6.45, 7) is 2.18. The van der Waals surface area contributed by atoms with E-state index < -0.39 is 0 Å². The van der Waals surface area contributed by atoms with E-state index in [2.05, 4.69) is 39.9 Å². The number of aryl methyl sites for hydroxylation is 1. The minimum atomic E-state index is -0.158. The van der Waals surface area contributed by atoms with Crippen molar-refractivity contribution in [1.82, 2.24) is 8.75 Å². The van der Waals surface area contributed by atoms with E-state index in [0.717, 1.165) is 17.7 Å². The van der Waals surface area contributed by atoms with Crippen molar-refractivity contribution in [3.8, 4) is 0 Å². The molecule has 0 spiro atoms. The normalized spacial score (nSPS) is 12.6. The maximum Gasteiger partial charge on any atom is 0.0955 e. The number of hydrogen-bond acceptors (Lipinski definition) is 4. The third-order valence-corrected chi connectivity index (χ3v) is 3.07. The van der Waals surface area contributed by atoms with Crippen LogP contribution in [0.4, 0.5) is 0 Å². The molecule has 1 aromatic carbocycles. The van der Waals surface area contributed by atoms with Gasteiger partial charge in [0.05, 0.1) is 29.7 Å². The fourth-order valence-corrected chi connectivity index (χ4v) is 2.12. The smallest absolute Gasteiger partial charge is 0.0955 e. The first-order valence-corrected chi connectivity index (χ1v) is 6.16. The Bertz CT molecular complexity index is 422. The Balaban J connectivity index is 2.15. The highest BCUT2D eigenvalue weighted by atomic mass is 32.1. The summed E-state index contributed by atoms with van der Waals surface area (Å²) in [5, 5.41) is 0. The molecule has 1 aromatic heterocycles. The van der Waals surface area contributed by atoms with Gasteiger partial charge in [0.2, 0.25) is 0 Å². The fraction of sp³-hybridized carbons (Fsp3) is 0.333. The first-order chi connectivity index (χ1) is 7.81. The molecule has 4 heteroatoms. The molecule has 84 valence electrons. The van der Waals surface area contributed by atoms with Crippen LogP contribution in [-0.2, 0) is 6.42 Å². The molecule has 0 saturated carbocycles. The Morgan fingerprint density at radius 2 is 2.06 bits per heavy atom. The molecule has 0 aliphatic rings. The van der Waals surface area contributed by atoms with Gasteiger partial charge in [-0.25, -0.2) is 0 Å². The highest BCUT2D eigenvalue weighted by Gasteiger charge is 2.10. The molecule has 2 aromatic rings. The SMILES string of the molecule is CCCc1ccc(C(N)c2cnsn2)cc1. The zero-order valence-electron chi connectivity index (χ0n) is 9.26. The van der Waals surface area contributed by atoms with Gasteiger partial charge in [-0.3, -0.25) is 0 Å². The van der Waals surface area contributed by atoms with Crippen molar-refractivity contribution in [1.29, 1.82) is 0 Å². The van der Waals surface area contributed by atoms with Gasteiger partial charge in [-0.1, -0.05) is 37.6 Å². The molecule has 1 atom stereocenters. The Kier molecular flexibility index (Phi) is 3.64. The van der Waals surface area contributed by atoms with Crippen LogP contribution in [0.5, 0.6) is 0 Å². The van der Waals surface area contributed by atoms with E-state index in [4.69, 9.17) is 5.73 Å². The van der Waals surface area contributed by atoms with Crippen molar-refractivity contribution in [2.24, 2.45) is 5.73 Å². The molecule has 0 radical (unpaired) electrons. The average molecular weight is 233 g/mol. The van der Waals surface area contributed by atoms with Gasteiger partial charge in [0.15, 0.2) is 0 Å². The molecule has 3 nitrogen and oxygen atoms in total. The molecule has 1 heterocycles. The lowest BCUT2D eigenvalue weighted by molar-refractivity contribution is 0.840. The summed E-state index contributed by atoms with van der Waals surface area (Å²) in [6.07, 6.45) is 4.02. The van der Waals surface area contributed by atoms with Crippen molar-refractivity contribution in [2.45, 2.75) is 25.8 Å². The molecule has 0 saturated heterocycles. The second-order valence-electron chi connectivity index (χ2n) is 3.80. The van der Waals surface area contributed by atoms with Crippen LogP contribution in [0.25, 0.3) is 0 Å². The molecule has 0 amide bonds. The molecule has 0 aliphatic carbocycles. The van der Waals surface area contributed by atoms with Gasteiger partial charge in [0.25, 0.3) is 0 Å². The zero-order valence-corrected chi connectivity index (χ0v) is 10.1. The van der Waals surface area contributed by atoms with Crippen LogP contribution in [0, 0.1) is 0 Å². The second kappa shape index (κ2) is 5.18. The number of benzene rings is 1. The molecule has 16 heavy (non-hydrogen) atoms. The lowest BCUT2D eigenvalue weighted by Crippen LogP contribution is -2.11. The number of rotatable bonds is 4. The molecular formula is C12H15N3S. The van der Waals surface area contributed by atoms with Gasteiger partial charge in [0, 0.05) is 0 Å². The molecule has 0 aliphatic heterocycles. The van der Waals surface area contributed by atoms with E-state index in [-0.39, 0.29) is 6.04 Å². The van der Waals surface area contributed by atoms with Crippen LogP contribution < -0.4 is 5.73 Å². The molecule has 2 rings (SSSR count). The van der Waals surface area contributed by atoms with Gasteiger partial charge in [-0.05, 0) is 17.5 Å². The van der Waals surface area contributed by atoms with Crippen molar-refractivity contribution in [3.05, 3.63) is 47.3 Å². The minimum Gasteiger partial charge on any atom is -0.319 e. The van der Waals surface area contributed by atoms with E-state index in [1.165, 1.54) is 23.7 Å². The maximum absolute atomic E-state index is 6.09. The molecule has 2 N–H and O–H groups in total. The van der Waals surface area contributed by atoms with Gasteiger partial charge < -0.3 is 5.73 Å². The van der Waals surface area contributed by atoms with E-state index in [1.54, 1.807) is 6.20 Å². The highest BCUT2D eigenvalue weighted by Crippen LogP contribution is 2.18. The van der Waals surface area contributed by atoms with Crippen LogP contribution in [0.2, 0.25) is 0 Å². The van der Waals surface area contributed by atoms with E-state index in [9.17, 15) is 0 Å². The summed E-state index contributed by atoms with van der Waals surface area (Å²) in [5.74, 6) is 0. The molecular weight excluding hydrogens is 218 g/mol. The highest BCUT2D eigenvalue weighted by molar-refractivity contribution is 6.99. The van der Waals surface area contributed by atoms with E-state index in [0.29, 0.717) is 0 Å². The predicted molar refractivity (Wildman–Crippen MR) is 66.4 cm³/mol. The third kappa shape index (κ3) is 2.46. The van der Waals surface area contributed by atoms with E-state index >= 15 is 0 Å². The summed E-state index contributed by atoms with van der Waals surface area (Å²) in [6, 6.07) is 8.27. The van der Waals surface area contributed by atoms with Crippen molar-refractivity contribution >= 4 is 11.7 Å². The van der Waals surface area contributed by atoms with Gasteiger partial charge in [0.1, 0.15) is 0 Å². The maximum atomic E-state index is 6.09. The van der Waals surface area contributed by atoms with Crippen LogP contribution in [0.3, 0.4) is 0 Å². The second-order valence-corrected chi connectivity index (χ2v) is 4.36. The Morgan fingerprint density at radius 1 is 1.31 bits per heavy atom. The monoisotopic (exact) mass is 233 g/mol. The topological polar surface area (TPSA) is 51.8 Å². The summed E-state index contributed by atoms with van der Waals surface area (Å²) in [5.41, 5.74) is 9.38. The van der Waals surface area contributed by atoms with Gasteiger partial charge >= 0.3 is 0 Å². The molecule has 0 fully saturated rings. The standard InChI is InChI=1S/C12H15N3S/c1-2-3-9-4-6-10(7-5-9)12(13)11-8-14-16-15-11/h4-8,12H,2-3,13H2,1H3. The number of nitrogens with zero attached hydrogens (tertiary/aromatic N) is 2. The minimum absolute atomic E-state index is 0.158. The summed E-state index contributed by atoms with van der Waals surface area (Å²) in [4.78, 5) is 0. The first kappa shape index (κ1) is 11.2. The number of aromatic nitrogens is 2. The Hall–Kier alpha value is -1.26. The number of nitrogens with two attached hydrogens (primary N) is 1. The lowest BCUT2D eigenvalue weighted by atomic mass is 10.0. The van der Waals surface area contributed by atoms with Gasteiger partial charge in [-0.15, -0.1) is 0 Å². The third-order valence-electron chi connectivity index (χ3n) is 2.57. The lowest BCUT2D eigenvalue weighted by Gasteiger charge is -2.09. The fourth-order valence-electron chi connectivity index (χ4n) is 1.66. The van der Waals surface area contributed by atoms with Crippen molar-refractivity contribution < 1.29 is 0 Å². The van der Waals surface area contributed by atoms with Crippen LogP contribution in [-0.4, -0.2) is 8.75 Å². The zero-order chi connectivity index (χ0) is 11.4. The number of hydrogen-bond donors (Lipinski definition) is 1. The largest absolute Gasteiger partial charge is 0.319 e. The summed E-state index contributed by atoms with van der Waals surface area (Å²) in [7, 11) is 0. The molecule has 0 bridgehead atoms. The first-order valence-electron chi connectivity index (χ1n) is 5.43. The van der Waals surface area contributed by atoms with Crippen molar-refractivity contribution in [2.75, 3.05) is 0 Å². The van der Waals surface area contributed by atoms with Gasteiger partial charge in [-0.2, -0.15) is 8.75 Å². The predicted octanol–water partition coefficient (Wildman–Crippen LogP) is 2.54. The van der Waals surface area contributed by atoms with Crippen LogP contribution in [0.1, 0.15) is 36.2 Å². The van der Waals surface area contributed by atoms with Crippen LogP contribution >= 0.6 is 11.7 Å². The van der Waals surface area contributed by atoms with Crippen molar-refractivity contribution in [3.63, 3.8) is 0 Å². The Labute approximate surface area is 99.6 Å². The van der Waals surface area contributed by atoms with E-state index in [1.807, 2.05) is 0 Å². The summed E-state index contributed by atoms with van der Waals surface area (Å²) >= 11 is 1.19. The summed E-state index contributed by atoms with van der Waals surface area (Å²) < 4.78 is 8.12.